The van der Waals surface area contributed by atoms with Crippen LogP contribution in [0.15, 0.2) is 60.7 Å². The van der Waals surface area contributed by atoms with Crippen molar-refractivity contribution >= 4 is 17.8 Å². The van der Waals surface area contributed by atoms with E-state index >= 15 is 0 Å². The normalized spacial score (nSPS) is 10.5. The Hall–Kier alpha value is -2.88. The number of amides is 1. The molecule has 0 radical (unpaired) electrons. The van der Waals surface area contributed by atoms with Crippen LogP contribution in [-0.2, 0) is 4.79 Å². The molecule has 0 spiro atoms. The van der Waals surface area contributed by atoms with Crippen molar-refractivity contribution in [1.82, 2.24) is 0 Å². The standard InChI is InChI=1S/C17H15NO3/c18-17(20)12-21-15-9-6-13(7-10-15)8-11-16(19)14-4-2-1-3-5-14/h1-11H,12H2,(H2,18,20)/b11-8+. The van der Waals surface area contributed by atoms with Gasteiger partial charge in [-0.25, -0.2) is 0 Å². The molecule has 0 heterocycles. The molecule has 0 aliphatic heterocycles. The molecule has 0 atom stereocenters. The summed E-state index contributed by atoms with van der Waals surface area (Å²) >= 11 is 0. The van der Waals surface area contributed by atoms with Crippen LogP contribution in [0, 0.1) is 0 Å². The predicted molar refractivity (Wildman–Crippen MR) is 80.9 cm³/mol. The molecule has 4 heteroatoms. The van der Waals surface area contributed by atoms with Crippen LogP contribution >= 0.6 is 0 Å². The Labute approximate surface area is 122 Å². The molecule has 106 valence electrons. The second-order valence-electron chi connectivity index (χ2n) is 4.39. The maximum atomic E-state index is 11.9. The van der Waals surface area contributed by atoms with Crippen molar-refractivity contribution in [1.29, 1.82) is 0 Å². The van der Waals surface area contributed by atoms with Crippen molar-refractivity contribution in [3.8, 4) is 5.75 Å². The van der Waals surface area contributed by atoms with Crippen LogP contribution in [0.5, 0.6) is 5.75 Å². The summed E-state index contributed by atoms with van der Waals surface area (Å²) in [6, 6.07) is 16.1. The first-order chi connectivity index (χ1) is 10.1. The van der Waals surface area contributed by atoms with Gasteiger partial charge in [0.05, 0.1) is 0 Å². The second-order valence-corrected chi connectivity index (χ2v) is 4.39. The van der Waals surface area contributed by atoms with Gasteiger partial charge >= 0.3 is 0 Å². The Morgan fingerprint density at radius 3 is 2.29 bits per heavy atom. The first-order valence-corrected chi connectivity index (χ1v) is 6.44. The molecule has 2 N–H and O–H groups in total. The minimum Gasteiger partial charge on any atom is -0.484 e. The monoisotopic (exact) mass is 281 g/mol. The zero-order valence-corrected chi connectivity index (χ0v) is 11.4. The van der Waals surface area contributed by atoms with E-state index < -0.39 is 5.91 Å². The smallest absolute Gasteiger partial charge is 0.255 e. The third-order valence-electron chi connectivity index (χ3n) is 2.75. The fourth-order valence-electron chi connectivity index (χ4n) is 1.70. The van der Waals surface area contributed by atoms with E-state index in [2.05, 4.69) is 0 Å². The molecule has 2 rings (SSSR count). The number of rotatable bonds is 6. The summed E-state index contributed by atoms with van der Waals surface area (Å²) in [4.78, 5) is 22.5. The van der Waals surface area contributed by atoms with Gasteiger partial charge in [0.1, 0.15) is 5.75 Å². The number of hydrogen-bond acceptors (Lipinski definition) is 3. The molecule has 1 amide bonds. The summed E-state index contributed by atoms with van der Waals surface area (Å²) in [5.74, 6) is -0.0163. The number of allylic oxidation sites excluding steroid dienone is 1. The first-order valence-electron chi connectivity index (χ1n) is 6.44. The molecular weight excluding hydrogens is 266 g/mol. The van der Waals surface area contributed by atoms with Crippen LogP contribution in [-0.4, -0.2) is 18.3 Å². The fourth-order valence-corrected chi connectivity index (χ4v) is 1.70. The van der Waals surface area contributed by atoms with E-state index in [4.69, 9.17) is 10.5 Å². The molecule has 0 aromatic heterocycles. The highest BCUT2D eigenvalue weighted by molar-refractivity contribution is 6.06. The van der Waals surface area contributed by atoms with Gasteiger partial charge in [0.25, 0.3) is 5.91 Å². The van der Waals surface area contributed by atoms with Gasteiger partial charge < -0.3 is 10.5 Å². The van der Waals surface area contributed by atoms with Crippen molar-refractivity contribution < 1.29 is 14.3 Å². The highest BCUT2D eigenvalue weighted by Crippen LogP contribution is 2.13. The zero-order chi connectivity index (χ0) is 15.1. The summed E-state index contributed by atoms with van der Waals surface area (Å²) in [5, 5.41) is 0. The highest BCUT2D eigenvalue weighted by Gasteiger charge is 2.00. The lowest BCUT2D eigenvalue weighted by Crippen LogP contribution is -2.19. The Bertz CT molecular complexity index is 645. The van der Waals surface area contributed by atoms with Crippen molar-refractivity contribution in [2.45, 2.75) is 0 Å². The van der Waals surface area contributed by atoms with Crippen molar-refractivity contribution in [2.24, 2.45) is 5.73 Å². The lowest BCUT2D eigenvalue weighted by atomic mass is 10.1. The molecule has 0 saturated heterocycles. The van der Waals surface area contributed by atoms with Crippen molar-refractivity contribution in [3.63, 3.8) is 0 Å². The molecule has 0 aliphatic rings. The van der Waals surface area contributed by atoms with E-state index in [1.54, 1.807) is 42.5 Å². The van der Waals surface area contributed by atoms with E-state index in [9.17, 15) is 9.59 Å². The lowest BCUT2D eigenvalue weighted by Gasteiger charge is -2.03. The van der Waals surface area contributed by atoms with Gasteiger partial charge in [0.15, 0.2) is 12.4 Å². The van der Waals surface area contributed by atoms with Gasteiger partial charge in [-0.05, 0) is 23.8 Å². The maximum absolute atomic E-state index is 11.9. The average Bonchev–Trinajstić information content (AvgIpc) is 2.52. The minimum atomic E-state index is -0.521. The second kappa shape index (κ2) is 7.05. The molecule has 2 aromatic carbocycles. The largest absolute Gasteiger partial charge is 0.484 e. The topological polar surface area (TPSA) is 69.4 Å². The van der Waals surface area contributed by atoms with Crippen LogP contribution in [0.3, 0.4) is 0 Å². The SMILES string of the molecule is NC(=O)COc1ccc(/C=C/C(=O)c2ccccc2)cc1. The van der Waals surface area contributed by atoms with Gasteiger partial charge in [-0.3, -0.25) is 9.59 Å². The lowest BCUT2D eigenvalue weighted by molar-refractivity contribution is -0.119. The Kier molecular flexibility index (Phi) is 4.88. The predicted octanol–water partition coefficient (Wildman–Crippen LogP) is 2.45. The van der Waals surface area contributed by atoms with E-state index in [0.29, 0.717) is 11.3 Å². The van der Waals surface area contributed by atoms with Crippen LogP contribution in [0.25, 0.3) is 6.08 Å². The van der Waals surface area contributed by atoms with Gasteiger partial charge in [-0.1, -0.05) is 48.5 Å². The third kappa shape index (κ3) is 4.62. The number of ketones is 1. The van der Waals surface area contributed by atoms with Gasteiger partial charge in [-0.15, -0.1) is 0 Å². The Morgan fingerprint density at radius 1 is 1.00 bits per heavy atom. The zero-order valence-electron chi connectivity index (χ0n) is 11.4. The molecule has 2 aromatic rings. The fraction of sp³-hybridized carbons (Fsp3) is 0.0588. The summed E-state index contributed by atoms with van der Waals surface area (Å²) in [5.41, 5.74) is 6.51. The minimum absolute atomic E-state index is 0.0512. The molecule has 0 fully saturated rings. The number of primary amides is 1. The summed E-state index contributed by atoms with van der Waals surface area (Å²) < 4.78 is 5.15. The summed E-state index contributed by atoms with van der Waals surface area (Å²) in [6.07, 6.45) is 3.25. The van der Waals surface area contributed by atoms with Crippen molar-refractivity contribution in [3.05, 3.63) is 71.8 Å². The van der Waals surface area contributed by atoms with E-state index in [0.717, 1.165) is 5.56 Å². The Morgan fingerprint density at radius 2 is 1.67 bits per heavy atom. The van der Waals surface area contributed by atoms with Gasteiger partial charge in [0, 0.05) is 5.56 Å². The van der Waals surface area contributed by atoms with Crippen LogP contribution in [0.4, 0.5) is 0 Å². The number of nitrogens with two attached hydrogens (primary N) is 1. The number of benzene rings is 2. The molecule has 0 bridgehead atoms. The highest BCUT2D eigenvalue weighted by atomic mass is 16.5. The number of carbonyl (C=O) groups excluding carboxylic acids is 2. The molecule has 0 aliphatic carbocycles. The van der Waals surface area contributed by atoms with E-state index in [-0.39, 0.29) is 12.4 Å². The number of hydrogen-bond donors (Lipinski definition) is 1. The summed E-state index contributed by atoms with van der Waals surface area (Å²) in [6.45, 7) is -0.151. The van der Waals surface area contributed by atoms with Crippen LogP contribution in [0.2, 0.25) is 0 Å². The quantitative estimate of drug-likeness (QED) is 0.653. The average molecular weight is 281 g/mol. The van der Waals surface area contributed by atoms with Crippen molar-refractivity contribution in [2.75, 3.05) is 6.61 Å². The summed E-state index contributed by atoms with van der Waals surface area (Å²) in [7, 11) is 0. The Balaban J connectivity index is 1.98. The van der Waals surface area contributed by atoms with Crippen LogP contribution in [0.1, 0.15) is 15.9 Å². The van der Waals surface area contributed by atoms with Crippen LogP contribution < -0.4 is 10.5 Å². The number of carbonyl (C=O) groups is 2. The molecule has 0 unspecified atom stereocenters. The molecule has 0 saturated carbocycles. The molecule has 4 nitrogen and oxygen atoms in total. The van der Waals surface area contributed by atoms with E-state index in [1.807, 2.05) is 18.2 Å². The molecule has 21 heavy (non-hydrogen) atoms. The van der Waals surface area contributed by atoms with Gasteiger partial charge in [-0.2, -0.15) is 0 Å². The maximum Gasteiger partial charge on any atom is 0.255 e. The first kappa shape index (κ1) is 14.5. The van der Waals surface area contributed by atoms with E-state index in [1.165, 1.54) is 6.08 Å². The number of ether oxygens (including phenoxy) is 1. The molecular formula is C17H15NO3. The van der Waals surface area contributed by atoms with Gasteiger partial charge in [0.2, 0.25) is 0 Å². The third-order valence-corrected chi connectivity index (χ3v) is 2.75.